The zero-order chi connectivity index (χ0) is 29.7. The van der Waals surface area contributed by atoms with E-state index >= 15 is 4.39 Å². The molecule has 212 valence electrons. The van der Waals surface area contributed by atoms with Gasteiger partial charge in [-0.3, -0.25) is 9.20 Å². The van der Waals surface area contributed by atoms with E-state index in [1.54, 1.807) is 41.1 Å². The fourth-order valence-electron chi connectivity index (χ4n) is 5.12. The maximum atomic E-state index is 15.0. The molecule has 0 saturated heterocycles. The molecule has 6 rings (SSSR count). The van der Waals surface area contributed by atoms with Gasteiger partial charge in [0.05, 0.1) is 33.8 Å². The van der Waals surface area contributed by atoms with E-state index in [4.69, 9.17) is 27.1 Å². The van der Waals surface area contributed by atoms with Crippen LogP contribution >= 0.6 is 11.6 Å². The SMILES string of the molecule is CC(C)Oc1ccc(-c2cn([C@@H](C)c3nc4ccc(Cl)cn4c(=O)c3-c3cccc(F)c3)c3ncnc(N)c23)cc1F. The van der Waals surface area contributed by atoms with Crippen LogP contribution in [0.1, 0.15) is 32.5 Å². The van der Waals surface area contributed by atoms with Crippen LogP contribution in [-0.2, 0) is 0 Å². The van der Waals surface area contributed by atoms with E-state index in [0.29, 0.717) is 44.1 Å². The first kappa shape index (κ1) is 27.3. The van der Waals surface area contributed by atoms with Crippen LogP contribution < -0.4 is 16.0 Å². The summed E-state index contributed by atoms with van der Waals surface area (Å²) in [7, 11) is 0. The average molecular weight is 587 g/mol. The van der Waals surface area contributed by atoms with Gasteiger partial charge in [0.15, 0.2) is 11.6 Å². The first-order chi connectivity index (χ1) is 20.1. The number of anilines is 1. The second-order valence-corrected chi connectivity index (χ2v) is 10.6. The molecule has 0 aliphatic heterocycles. The second kappa shape index (κ2) is 10.5. The minimum Gasteiger partial charge on any atom is -0.488 e. The molecule has 4 aromatic heterocycles. The van der Waals surface area contributed by atoms with E-state index in [1.165, 1.54) is 41.2 Å². The molecule has 0 amide bonds. The van der Waals surface area contributed by atoms with Gasteiger partial charge in [-0.05, 0) is 68.3 Å². The van der Waals surface area contributed by atoms with Gasteiger partial charge in [0.2, 0.25) is 0 Å². The number of hydrogen-bond acceptors (Lipinski definition) is 6. The van der Waals surface area contributed by atoms with Crippen molar-refractivity contribution in [1.82, 2.24) is 23.9 Å². The van der Waals surface area contributed by atoms with Gasteiger partial charge in [0.1, 0.15) is 29.3 Å². The standard InChI is InChI=1S/C31H25ClF2N6O2/c1-16(2)42-24-9-7-18(12-23(24)34)22-14-39(30-27(22)29(35)36-15-37-30)17(3)28-26(19-5-4-6-21(33)11-19)31(41)40-13-20(32)8-10-25(40)38-28/h4-17H,1-3H3,(H2,35,36,37)/t17-/m0/s1. The van der Waals surface area contributed by atoms with Crippen LogP contribution in [0.15, 0.2) is 78.1 Å². The zero-order valence-electron chi connectivity index (χ0n) is 22.8. The van der Waals surface area contributed by atoms with Gasteiger partial charge < -0.3 is 15.0 Å². The summed E-state index contributed by atoms with van der Waals surface area (Å²) in [5, 5.41) is 0.862. The second-order valence-electron chi connectivity index (χ2n) is 10.2. The van der Waals surface area contributed by atoms with Crippen LogP contribution in [0.2, 0.25) is 5.02 Å². The molecule has 1 atom stereocenters. The summed E-state index contributed by atoms with van der Waals surface area (Å²) in [5.74, 6) is -0.684. The predicted molar refractivity (Wildman–Crippen MR) is 159 cm³/mol. The van der Waals surface area contributed by atoms with E-state index in [1.807, 2.05) is 20.8 Å². The van der Waals surface area contributed by atoms with E-state index in [-0.39, 0.29) is 23.2 Å². The van der Waals surface area contributed by atoms with Crippen LogP contribution in [0.4, 0.5) is 14.6 Å². The zero-order valence-corrected chi connectivity index (χ0v) is 23.6. The number of fused-ring (bicyclic) bond motifs is 2. The van der Waals surface area contributed by atoms with Gasteiger partial charge in [0, 0.05) is 18.0 Å². The molecule has 0 radical (unpaired) electrons. The summed E-state index contributed by atoms with van der Waals surface area (Å²) < 4.78 is 38.1. The number of aromatic nitrogens is 5. The maximum absolute atomic E-state index is 15.0. The fourth-order valence-corrected chi connectivity index (χ4v) is 5.28. The van der Waals surface area contributed by atoms with Crippen molar-refractivity contribution in [3.05, 3.63) is 106 Å². The molecule has 0 spiro atoms. The molecule has 11 heteroatoms. The lowest BCUT2D eigenvalue weighted by molar-refractivity contribution is 0.231. The number of nitrogens with two attached hydrogens (primary N) is 1. The summed E-state index contributed by atoms with van der Waals surface area (Å²) >= 11 is 6.19. The van der Waals surface area contributed by atoms with Crippen LogP contribution in [0.5, 0.6) is 5.75 Å². The van der Waals surface area contributed by atoms with Crippen LogP contribution in [0.25, 0.3) is 38.9 Å². The van der Waals surface area contributed by atoms with E-state index in [9.17, 15) is 9.18 Å². The third-order valence-corrected chi connectivity index (χ3v) is 7.21. The van der Waals surface area contributed by atoms with E-state index < -0.39 is 23.2 Å². The van der Waals surface area contributed by atoms with Crippen molar-refractivity contribution in [2.24, 2.45) is 0 Å². The Hall–Kier alpha value is -4.83. The quantitative estimate of drug-likeness (QED) is 0.234. The number of rotatable bonds is 6. The molecule has 6 aromatic rings. The number of pyridine rings is 1. The molecule has 2 N–H and O–H groups in total. The van der Waals surface area contributed by atoms with Gasteiger partial charge in [-0.2, -0.15) is 0 Å². The Morgan fingerprint density at radius 2 is 1.79 bits per heavy atom. The van der Waals surface area contributed by atoms with Crippen molar-refractivity contribution in [2.75, 3.05) is 5.73 Å². The summed E-state index contributed by atoms with van der Waals surface area (Å²) in [5.41, 5.74) is 8.78. The van der Waals surface area contributed by atoms with Gasteiger partial charge in [0.25, 0.3) is 5.56 Å². The minimum atomic E-state index is -0.601. The Labute approximate surface area is 244 Å². The Kier molecular flexibility index (Phi) is 6.86. The number of halogens is 3. The lowest BCUT2D eigenvalue weighted by atomic mass is 10.0. The van der Waals surface area contributed by atoms with Crippen LogP contribution in [0, 0.1) is 11.6 Å². The highest BCUT2D eigenvalue weighted by atomic mass is 35.5. The molecule has 0 unspecified atom stereocenters. The molecule has 0 bridgehead atoms. The predicted octanol–water partition coefficient (Wildman–Crippen LogP) is 6.68. The molecule has 0 fully saturated rings. The Morgan fingerprint density at radius 3 is 2.52 bits per heavy atom. The molecule has 0 saturated carbocycles. The normalized spacial score (nSPS) is 12.4. The van der Waals surface area contributed by atoms with Crippen molar-refractivity contribution in [1.29, 1.82) is 0 Å². The number of nitrogens with zero attached hydrogens (tertiary/aromatic N) is 5. The first-order valence-corrected chi connectivity index (χ1v) is 13.6. The Balaban J connectivity index is 1.59. The summed E-state index contributed by atoms with van der Waals surface area (Å²) in [4.78, 5) is 27.4. The van der Waals surface area contributed by atoms with Crippen molar-refractivity contribution in [3.63, 3.8) is 0 Å². The molecule has 2 aromatic carbocycles. The van der Waals surface area contributed by atoms with Gasteiger partial charge in [-0.25, -0.2) is 23.7 Å². The molecular formula is C31H25ClF2N6O2. The van der Waals surface area contributed by atoms with Crippen molar-refractivity contribution >= 4 is 34.1 Å². The minimum absolute atomic E-state index is 0.135. The fraction of sp³-hybridized carbons (Fsp3) is 0.161. The summed E-state index contributed by atoms with van der Waals surface area (Å²) in [6, 6.07) is 13.1. The topological polar surface area (TPSA) is 100 Å². The van der Waals surface area contributed by atoms with Crippen molar-refractivity contribution in [2.45, 2.75) is 32.9 Å². The Bertz CT molecular complexity index is 2060. The molecule has 0 aliphatic carbocycles. The highest BCUT2D eigenvalue weighted by Gasteiger charge is 2.25. The average Bonchev–Trinajstić information content (AvgIpc) is 3.35. The van der Waals surface area contributed by atoms with Crippen LogP contribution in [-0.4, -0.2) is 30.0 Å². The molecule has 4 heterocycles. The number of hydrogen-bond donors (Lipinski definition) is 1. The number of ether oxygens (including phenoxy) is 1. The third kappa shape index (κ3) is 4.73. The van der Waals surface area contributed by atoms with E-state index in [2.05, 4.69) is 9.97 Å². The lowest BCUT2D eigenvalue weighted by Crippen LogP contribution is -2.23. The summed E-state index contributed by atoms with van der Waals surface area (Å²) in [6.45, 7) is 5.48. The van der Waals surface area contributed by atoms with Crippen molar-refractivity contribution < 1.29 is 13.5 Å². The lowest BCUT2D eigenvalue weighted by Gasteiger charge is -2.19. The largest absolute Gasteiger partial charge is 0.488 e. The number of nitrogen functional groups attached to an aromatic ring is 1. The molecular weight excluding hydrogens is 562 g/mol. The Morgan fingerprint density at radius 1 is 0.976 bits per heavy atom. The van der Waals surface area contributed by atoms with Gasteiger partial charge in [-0.15, -0.1) is 0 Å². The van der Waals surface area contributed by atoms with Crippen molar-refractivity contribution in [3.8, 4) is 28.0 Å². The monoisotopic (exact) mass is 586 g/mol. The van der Waals surface area contributed by atoms with E-state index in [0.717, 1.165) is 0 Å². The maximum Gasteiger partial charge on any atom is 0.266 e. The third-order valence-electron chi connectivity index (χ3n) is 6.99. The van der Waals surface area contributed by atoms with Crippen LogP contribution in [0.3, 0.4) is 0 Å². The smallest absolute Gasteiger partial charge is 0.266 e. The molecule has 42 heavy (non-hydrogen) atoms. The highest BCUT2D eigenvalue weighted by molar-refractivity contribution is 6.30. The molecule has 8 nitrogen and oxygen atoms in total. The first-order valence-electron chi connectivity index (χ1n) is 13.2. The van der Waals surface area contributed by atoms with Gasteiger partial charge in [-0.1, -0.05) is 29.8 Å². The summed E-state index contributed by atoms with van der Waals surface area (Å²) in [6.07, 6.45) is 4.39. The molecule has 0 aliphatic rings. The number of benzene rings is 2. The van der Waals surface area contributed by atoms with Gasteiger partial charge >= 0.3 is 0 Å². The highest BCUT2D eigenvalue weighted by Crippen LogP contribution is 2.38.